The molecule has 92 valence electrons. The van der Waals surface area contributed by atoms with Crippen molar-refractivity contribution in [2.24, 2.45) is 5.10 Å². The van der Waals surface area contributed by atoms with Gasteiger partial charge in [-0.25, -0.2) is 5.43 Å². The molecule has 0 atom stereocenters. The van der Waals surface area contributed by atoms with Crippen LogP contribution in [0.5, 0.6) is 0 Å². The van der Waals surface area contributed by atoms with E-state index in [1.807, 2.05) is 56.1 Å². The molecule has 1 aromatic rings. The summed E-state index contributed by atoms with van der Waals surface area (Å²) in [6, 6.07) is 9.78. The zero-order chi connectivity index (χ0) is 12.7. The highest BCUT2D eigenvalue weighted by molar-refractivity contribution is 5.85. The Labute approximate surface area is 102 Å². The highest BCUT2D eigenvalue weighted by Crippen LogP contribution is 2.09. The zero-order valence-corrected chi connectivity index (χ0v) is 10.6. The molecule has 4 heteroatoms. The standard InChI is InChI=1S/C13H19N3O/c1-4-11(2)14-15-13(17)10-16(3)12-8-6-5-7-9-12/h5-9H,4,10H2,1-3H3,(H,15,17)/b14-11+. The van der Waals surface area contributed by atoms with Crippen LogP contribution in [0.1, 0.15) is 20.3 Å². The lowest BCUT2D eigenvalue weighted by Crippen LogP contribution is -2.33. The Bertz CT molecular complexity index is 387. The zero-order valence-electron chi connectivity index (χ0n) is 10.6. The van der Waals surface area contributed by atoms with Gasteiger partial charge in [0.05, 0.1) is 6.54 Å². The molecule has 0 radical (unpaired) electrons. The minimum atomic E-state index is -0.107. The van der Waals surface area contributed by atoms with E-state index >= 15 is 0 Å². The molecule has 1 aromatic carbocycles. The Hall–Kier alpha value is -1.84. The third kappa shape index (κ3) is 4.68. The Morgan fingerprint density at radius 3 is 2.59 bits per heavy atom. The molecule has 0 aliphatic carbocycles. The maximum absolute atomic E-state index is 11.6. The van der Waals surface area contributed by atoms with Crippen LogP contribution < -0.4 is 10.3 Å². The number of rotatable bonds is 5. The lowest BCUT2D eigenvalue weighted by atomic mass is 10.3. The smallest absolute Gasteiger partial charge is 0.259 e. The molecule has 0 unspecified atom stereocenters. The number of hydrazone groups is 1. The van der Waals surface area contributed by atoms with Crippen LogP contribution in [0.4, 0.5) is 5.69 Å². The van der Waals surface area contributed by atoms with Gasteiger partial charge in [0, 0.05) is 18.4 Å². The maximum atomic E-state index is 11.6. The largest absolute Gasteiger partial charge is 0.365 e. The molecule has 0 saturated heterocycles. The molecule has 0 aliphatic heterocycles. The molecule has 4 nitrogen and oxygen atoms in total. The number of nitrogens with zero attached hydrogens (tertiary/aromatic N) is 2. The van der Waals surface area contributed by atoms with E-state index in [0.29, 0.717) is 6.54 Å². The van der Waals surface area contributed by atoms with Gasteiger partial charge < -0.3 is 4.90 Å². The Kier molecular flexibility index (Phi) is 5.20. The molecule has 0 spiro atoms. The van der Waals surface area contributed by atoms with Gasteiger partial charge in [0.1, 0.15) is 0 Å². The van der Waals surface area contributed by atoms with Crippen LogP contribution in [0.3, 0.4) is 0 Å². The molecule has 1 amide bonds. The number of anilines is 1. The Morgan fingerprint density at radius 2 is 2.00 bits per heavy atom. The van der Waals surface area contributed by atoms with Gasteiger partial charge in [-0.05, 0) is 25.5 Å². The van der Waals surface area contributed by atoms with Gasteiger partial charge >= 0.3 is 0 Å². The summed E-state index contributed by atoms with van der Waals surface area (Å²) in [5.74, 6) is -0.107. The SMILES string of the molecule is CC/C(C)=N/NC(=O)CN(C)c1ccccc1. The van der Waals surface area contributed by atoms with Gasteiger partial charge in [-0.3, -0.25) is 4.79 Å². The first-order valence-corrected chi connectivity index (χ1v) is 5.71. The van der Waals surface area contributed by atoms with E-state index in [2.05, 4.69) is 10.5 Å². The van der Waals surface area contributed by atoms with Crippen molar-refractivity contribution in [3.63, 3.8) is 0 Å². The van der Waals surface area contributed by atoms with Gasteiger partial charge in [-0.2, -0.15) is 5.10 Å². The van der Waals surface area contributed by atoms with Crippen LogP contribution in [-0.4, -0.2) is 25.2 Å². The van der Waals surface area contributed by atoms with Crippen molar-refractivity contribution in [3.8, 4) is 0 Å². The molecule has 1 N–H and O–H groups in total. The molecule has 17 heavy (non-hydrogen) atoms. The number of carbonyl (C=O) groups excluding carboxylic acids is 1. The fourth-order valence-corrected chi connectivity index (χ4v) is 1.26. The number of benzene rings is 1. The second kappa shape index (κ2) is 6.68. The van der Waals surface area contributed by atoms with E-state index < -0.39 is 0 Å². The van der Waals surface area contributed by atoms with E-state index in [0.717, 1.165) is 17.8 Å². The van der Waals surface area contributed by atoms with Crippen LogP contribution >= 0.6 is 0 Å². The molecule has 0 bridgehead atoms. The number of hydrogen-bond donors (Lipinski definition) is 1. The first kappa shape index (κ1) is 13.2. The number of amides is 1. The van der Waals surface area contributed by atoms with Crippen LogP contribution in [0.2, 0.25) is 0 Å². The van der Waals surface area contributed by atoms with Crippen molar-refractivity contribution in [1.29, 1.82) is 0 Å². The third-order valence-electron chi connectivity index (χ3n) is 2.46. The van der Waals surface area contributed by atoms with Gasteiger partial charge in [0.2, 0.25) is 0 Å². The van der Waals surface area contributed by atoms with Crippen LogP contribution in [0.25, 0.3) is 0 Å². The lowest BCUT2D eigenvalue weighted by Gasteiger charge is -2.17. The van der Waals surface area contributed by atoms with Gasteiger partial charge in [-0.15, -0.1) is 0 Å². The van der Waals surface area contributed by atoms with E-state index in [1.165, 1.54) is 0 Å². The van der Waals surface area contributed by atoms with Crippen LogP contribution in [0, 0.1) is 0 Å². The normalized spacial score (nSPS) is 11.1. The third-order valence-corrected chi connectivity index (χ3v) is 2.46. The summed E-state index contributed by atoms with van der Waals surface area (Å²) in [6.07, 6.45) is 0.842. The molecular formula is C13H19N3O. The van der Waals surface area contributed by atoms with Gasteiger partial charge in [0.25, 0.3) is 5.91 Å². The summed E-state index contributed by atoms with van der Waals surface area (Å²) < 4.78 is 0. The number of nitrogens with one attached hydrogen (secondary N) is 1. The second-order valence-electron chi connectivity index (χ2n) is 3.93. The molecule has 0 aliphatic rings. The molecule has 0 saturated carbocycles. The minimum absolute atomic E-state index is 0.107. The molecule has 1 rings (SSSR count). The monoisotopic (exact) mass is 233 g/mol. The predicted octanol–water partition coefficient (Wildman–Crippen LogP) is 2.02. The fourth-order valence-electron chi connectivity index (χ4n) is 1.26. The molecule has 0 heterocycles. The average Bonchev–Trinajstić information content (AvgIpc) is 2.36. The summed E-state index contributed by atoms with van der Waals surface area (Å²) in [5, 5.41) is 3.98. The number of likely N-dealkylation sites (N-methyl/N-ethyl adjacent to an activating group) is 1. The van der Waals surface area contributed by atoms with Crippen molar-refractivity contribution in [1.82, 2.24) is 5.43 Å². The Balaban J connectivity index is 2.47. The summed E-state index contributed by atoms with van der Waals surface area (Å²) in [5.41, 5.74) is 4.47. The first-order valence-electron chi connectivity index (χ1n) is 5.71. The lowest BCUT2D eigenvalue weighted by molar-refractivity contribution is -0.119. The first-order chi connectivity index (χ1) is 8.13. The van der Waals surface area contributed by atoms with E-state index in [1.54, 1.807) is 0 Å². The average molecular weight is 233 g/mol. The van der Waals surface area contributed by atoms with Crippen LogP contribution in [-0.2, 0) is 4.79 Å². The van der Waals surface area contributed by atoms with Crippen molar-refractivity contribution in [2.75, 3.05) is 18.5 Å². The molecule has 0 aromatic heterocycles. The van der Waals surface area contributed by atoms with Crippen LogP contribution in [0.15, 0.2) is 35.4 Å². The number of carbonyl (C=O) groups is 1. The Morgan fingerprint density at radius 1 is 1.35 bits per heavy atom. The summed E-state index contributed by atoms with van der Waals surface area (Å²) in [7, 11) is 1.88. The molecular weight excluding hydrogens is 214 g/mol. The van der Waals surface area contributed by atoms with E-state index in [4.69, 9.17) is 0 Å². The fraction of sp³-hybridized carbons (Fsp3) is 0.385. The van der Waals surface area contributed by atoms with Gasteiger partial charge in [0.15, 0.2) is 0 Å². The van der Waals surface area contributed by atoms with Crippen molar-refractivity contribution in [3.05, 3.63) is 30.3 Å². The summed E-state index contributed by atoms with van der Waals surface area (Å²) >= 11 is 0. The van der Waals surface area contributed by atoms with E-state index in [9.17, 15) is 4.79 Å². The van der Waals surface area contributed by atoms with Crippen molar-refractivity contribution < 1.29 is 4.79 Å². The van der Waals surface area contributed by atoms with E-state index in [-0.39, 0.29) is 5.91 Å². The second-order valence-corrected chi connectivity index (χ2v) is 3.93. The predicted molar refractivity (Wildman–Crippen MR) is 71.3 cm³/mol. The molecule has 0 fully saturated rings. The van der Waals surface area contributed by atoms with Gasteiger partial charge in [-0.1, -0.05) is 25.1 Å². The number of para-hydroxylation sites is 1. The maximum Gasteiger partial charge on any atom is 0.259 e. The number of hydrogen-bond acceptors (Lipinski definition) is 3. The minimum Gasteiger partial charge on any atom is -0.365 e. The van der Waals surface area contributed by atoms with Crippen molar-refractivity contribution >= 4 is 17.3 Å². The quantitative estimate of drug-likeness (QED) is 0.624. The highest BCUT2D eigenvalue weighted by atomic mass is 16.2. The summed E-state index contributed by atoms with van der Waals surface area (Å²) in [4.78, 5) is 13.5. The highest BCUT2D eigenvalue weighted by Gasteiger charge is 2.05. The summed E-state index contributed by atoms with van der Waals surface area (Å²) in [6.45, 7) is 4.19. The van der Waals surface area contributed by atoms with Crippen molar-refractivity contribution in [2.45, 2.75) is 20.3 Å². The topological polar surface area (TPSA) is 44.7 Å².